The van der Waals surface area contributed by atoms with Gasteiger partial charge < -0.3 is 15.4 Å². The molecule has 1 unspecified atom stereocenters. The van der Waals surface area contributed by atoms with E-state index in [2.05, 4.69) is 24.0 Å². The maximum atomic E-state index is 5.98. The molecule has 1 heterocycles. The van der Waals surface area contributed by atoms with Crippen molar-refractivity contribution in [3.63, 3.8) is 0 Å². The van der Waals surface area contributed by atoms with E-state index in [1.807, 2.05) is 13.0 Å². The average molecular weight is 262 g/mol. The number of rotatable bonds is 4. The third kappa shape index (κ3) is 3.79. The van der Waals surface area contributed by atoms with E-state index in [1.165, 1.54) is 31.4 Å². The van der Waals surface area contributed by atoms with Crippen LogP contribution in [0.5, 0.6) is 5.75 Å². The largest absolute Gasteiger partial charge is 0.494 e. The summed E-state index contributed by atoms with van der Waals surface area (Å²) in [6.45, 7) is 7.24. The van der Waals surface area contributed by atoms with Gasteiger partial charge in [0.2, 0.25) is 0 Å². The highest BCUT2D eigenvalue weighted by molar-refractivity contribution is 5.60. The minimum Gasteiger partial charge on any atom is -0.494 e. The van der Waals surface area contributed by atoms with Crippen molar-refractivity contribution >= 4 is 11.4 Å². The molecule has 3 heteroatoms. The van der Waals surface area contributed by atoms with Gasteiger partial charge in [-0.15, -0.1) is 0 Å². The molecule has 1 aromatic carbocycles. The van der Waals surface area contributed by atoms with Crippen molar-refractivity contribution in [3.8, 4) is 5.75 Å². The highest BCUT2D eigenvalue weighted by Crippen LogP contribution is 2.29. The summed E-state index contributed by atoms with van der Waals surface area (Å²) in [6, 6.07) is 6.08. The van der Waals surface area contributed by atoms with Gasteiger partial charge >= 0.3 is 0 Å². The molecule has 0 aromatic heterocycles. The molecule has 1 fully saturated rings. The number of hydrogen-bond donors (Lipinski definition) is 1. The molecule has 0 saturated carbocycles. The first-order chi connectivity index (χ1) is 9.22. The van der Waals surface area contributed by atoms with Gasteiger partial charge in [0.15, 0.2) is 0 Å². The molecule has 1 atom stereocenters. The van der Waals surface area contributed by atoms with Crippen molar-refractivity contribution < 1.29 is 4.74 Å². The molecular weight excluding hydrogens is 236 g/mol. The van der Waals surface area contributed by atoms with E-state index in [1.54, 1.807) is 0 Å². The van der Waals surface area contributed by atoms with Crippen molar-refractivity contribution in [2.45, 2.75) is 39.5 Å². The first-order valence-electron chi connectivity index (χ1n) is 7.51. The topological polar surface area (TPSA) is 38.5 Å². The van der Waals surface area contributed by atoms with E-state index >= 15 is 0 Å². The summed E-state index contributed by atoms with van der Waals surface area (Å²) in [5, 5.41) is 0. The van der Waals surface area contributed by atoms with Crippen LogP contribution >= 0.6 is 0 Å². The Morgan fingerprint density at radius 3 is 2.79 bits per heavy atom. The number of hydrogen-bond acceptors (Lipinski definition) is 3. The Hall–Kier alpha value is -1.38. The van der Waals surface area contributed by atoms with Gasteiger partial charge in [-0.1, -0.05) is 13.3 Å². The molecule has 1 aliphatic heterocycles. The molecule has 1 aliphatic rings. The third-order valence-corrected chi connectivity index (χ3v) is 4.01. The molecule has 3 nitrogen and oxygen atoms in total. The lowest BCUT2D eigenvalue weighted by Crippen LogP contribution is -2.24. The third-order valence-electron chi connectivity index (χ3n) is 4.01. The van der Waals surface area contributed by atoms with Gasteiger partial charge in [-0.25, -0.2) is 0 Å². The smallest absolute Gasteiger partial charge is 0.123 e. The molecule has 0 spiro atoms. The molecule has 0 bridgehead atoms. The minimum absolute atomic E-state index is 0.681. The summed E-state index contributed by atoms with van der Waals surface area (Å²) in [5.41, 5.74) is 7.98. The fourth-order valence-corrected chi connectivity index (χ4v) is 2.87. The Morgan fingerprint density at radius 2 is 2.05 bits per heavy atom. The molecule has 0 amide bonds. The van der Waals surface area contributed by atoms with E-state index in [-0.39, 0.29) is 0 Å². The first-order valence-corrected chi connectivity index (χ1v) is 7.51. The van der Waals surface area contributed by atoms with Gasteiger partial charge in [0, 0.05) is 36.6 Å². The van der Waals surface area contributed by atoms with Gasteiger partial charge in [-0.05, 0) is 38.2 Å². The molecule has 0 aliphatic carbocycles. The lowest BCUT2D eigenvalue weighted by molar-refractivity contribution is 0.340. The van der Waals surface area contributed by atoms with Crippen molar-refractivity contribution in [2.75, 3.05) is 30.3 Å². The predicted molar refractivity (Wildman–Crippen MR) is 81.9 cm³/mol. The number of nitrogens with two attached hydrogens (primary N) is 1. The molecule has 106 valence electrons. The molecule has 0 radical (unpaired) electrons. The second-order valence-corrected chi connectivity index (χ2v) is 5.39. The zero-order valence-corrected chi connectivity index (χ0v) is 12.2. The Kier molecular flexibility index (Phi) is 4.94. The Labute approximate surface area is 116 Å². The van der Waals surface area contributed by atoms with Gasteiger partial charge in [0.25, 0.3) is 0 Å². The van der Waals surface area contributed by atoms with Gasteiger partial charge in [0.1, 0.15) is 5.75 Å². The van der Waals surface area contributed by atoms with E-state index < -0.39 is 0 Å². The molecular formula is C16H26N2O. The first kappa shape index (κ1) is 14.0. The highest BCUT2D eigenvalue weighted by Gasteiger charge is 2.16. The minimum atomic E-state index is 0.681. The molecule has 1 aromatic rings. The Morgan fingerprint density at radius 1 is 1.21 bits per heavy atom. The molecule has 1 saturated heterocycles. The van der Waals surface area contributed by atoms with Gasteiger partial charge in [0.05, 0.1) is 6.61 Å². The van der Waals surface area contributed by atoms with E-state index in [0.29, 0.717) is 6.61 Å². The fraction of sp³-hybridized carbons (Fsp3) is 0.625. The van der Waals surface area contributed by atoms with Crippen LogP contribution in [0.15, 0.2) is 18.2 Å². The summed E-state index contributed by atoms with van der Waals surface area (Å²) in [4.78, 5) is 2.45. The highest BCUT2D eigenvalue weighted by atomic mass is 16.5. The quantitative estimate of drug-likeness (QED) is 0.841. The van der Waals surface area contributed by atoms with Crippen LogP contribution in [-0.2, 0) is 0 Å². The summed E-state index contributed by atoms with van der Waals surface area (Å²) >= 11 is 0. The number of ether oxygens (including phenoxy) is 1. The van der Waals surface area contributed by atoms with Crippen LogP contribution in [0.3, 0.4) is 0 Å². The fourth-order valence-electron chi connectivity index (χ4n) is 2.87. The van der Waals surface area contributed by atoms with Crippen molar-refractivity contribution in [3.05, 3.63) is 18.2 Å². The number of anilines is 2. The van der Waals surface area contributed by atoms with Crippen LogP contribution in [0.4, 0.5) is 11.4 Å². The van der Waals surface area contributed by atoms with Crippen LogP contribution in [0, 0.1) is 5.92 Å². The van der Waals surface area contributed by atoms with Crippen molar-refractivity contribution in [2.24, 2.45) is 5.92 Å². The van der Waals surface area contributed by atoms with Crippen LogP contribution in [0.25, 0.3) is 0 Å². The summed E-state index contributed by atoms with van der Waals surface area (Å²) in [6.07, 6.45) is 5.22. The van der Waals surface area contributed by atoms with Crippen molar-refractivity contribution in [1.29, 1.82) is 0 Å². The summed E-state index contributed by atoms with van der Waals surface area (Å²) in [7, 11) is 0. The van der Waals surface area contributed by atoms with E-state index in [4.69, 9.17) is 10.5 Å². The average Bonchev–Trinajstić information content (AvgIpc) is 2.63. The SMILES string of the molecule is CCOc1cc(N)cc(N2CCCC(CC)CC2)c1. The Bertz CT molecular complexity index is 406. The maximum Gasteiger partial charge on any atom is 0.123 e. The lowest BCUT2D eigenvalue weighted by Gasteiger charge is -2.24. The zero-order chi connectivity index (χ0) is 13.7. The zero-order valence-electron chi connectivity index (χ0n) is 12.2. The molecule has 19 heavy (non-hydrogen) atoms. The molecule has 2 rings (SSSR count). The second kappa shape index (κ2) is 6.69. The van der Waals surface area contributed by atoms with Crippen LogP contribution in [-0.4, -0.2) is 19.7 Å². The second-order valence-electron chi connectivity index (χ2n) is 5.39. The van der Waals surface area contributed by atoms with Gasteiger partial charge in [-0.2, -0.15) is 0 Å². The van der Waals surface area contributed by atoms with Crippen LogP contribution < -0.4 is 15.4 Å². The van der Waals surface area contributed by atoms with E-state index in [9.17, 15) is 0 Å². The standard InChI is InChI=1S/C16H26N2O/c1-3-13-6-5-8-18(9-7-13)15-10-14(17)11-16(12-15)19-4-2/h10-13H,3-9,17H2,1-2H3. The lowest BCUT2D eigenvalue weighted by atomic mass is 9.98. The maximum absolute atomic E-state index is 5.98. The number of nitrogen functional groups attached to an aromatic ring is 1. The van der Waals surface area contributed by atoms with Crippen LogP contribution in [0.2, 0.25) is 0 Å². The van der Waals surface area contributed by atoms with Gasteiger partial charge in [-0.3, -0.25) is 0 Å². The summed E-state index contributed by atoms with van der Waals surface area (Å²) in [5.74, 6) is 1.77. The predicted octanol–water partition coefficient (Wildman–Crippen LogP) is 3.68. The van der Waals surface area contributed by atoms with Crippen molar-refractivity contribution in [1.82, 2.24) is 0 Å². The summed E-state index contributed by atoms with van der Waals surface area (Å²) < 4.78 is 5.59. The normalized spacial score (nSPS) is 20.1. The number of nitrogens with zero attached hydrogens (tertiary/aromatic N) is 1. The Balaban J connectivity index is 2.12. The van der Waals surface area contributed by atoms with E-state index in [0.717, 1.165) is 30.4 Å². The van der Waals surface area contributed by atoms with Crippen LogP contribution in [0.1, 0.15) is 39.5 Å². The molecule has 2 N–H and O–H groups in total. The number of benzene rings is 1. The monoisotopic (exact) mass is 262 g/mol.